The van der Waals surface area contributed by atoms with E-state index in [9.17, 15) is 0 Å². The Bertz CT molecular complexity index is 443. The molecule has 2 N–H and O–H groups in total. The van der Waals surface area contributed by atoms with Gasteiger partial charge >= 0.3 is 0 Å². The zero-order chi connectivity index (χ0) is 10.1. The third-order valence-corrected chi connectivity index (χ3v) is 2.41. The van der Waals surface area contributed by atoms with Crippen LogP contribution in [0.15, 0.2) is 30.3 Å². The van der Waals surface area contributed by atoms with E-state index in [0.29, 0.717) is 5.82 Å². The Labute approximate surface area is 83.2 Å². The molecule has 3 nitrogen and oxygen atoms in total. The lowest BCUT2D eigenvalue weighted by Crippen LogP contribution is -1.98. The molecule has 72 valence electrons. The second kappa shape index (κ2) is 3.18. The van der Waals surface area contributed by atoms with E-state index >= 15 is 0 Å². The van der Waals surface area contributed by atoms with E-state index in [0.717, 1.165) is 17.1 Å². The average Bonchev–Trinajstić information content (AvgIpc) is 2.47. The number of anilines is 1. The molecule has 0 unspecified atom stereocenters. The minimum atomic E-state index is 0.716. The molecule has 0 aliphatic rings. The Kier molecular flexibility index (Phi) is 2.00. The van der Waals surface area contributed by atoms with Crippen LogP contribution in [0, 0.1) is 6.92 Å². The lowest BCUT2D eigenvalue weighted by Gasteiger charge is -1.99. The Morgan fingerprint density at radius 2 is 1.86 bits per heavy atom. The third kappa shape index (κ3) is 1.27. The van der Waals surface area contributed by atoms with Crippen LogP contribution in [-0.4, -0.2) is 9.55 Å². The smallest absolute Gasteiger partial charge is 0.131 e. The van der Waals surface area contributed by atoms with E-state index in [1.54, 1.807) is 0 Å². The van der Waals surface area contributed by atoms with E-state index in [4.69, 9.17) is 5.73 Å². The van der Waals surface area contributed by atoms with Crippen LogP contribution in [0.5, 0.6) is 0 Å². The molecule has 2 aromatic rings. The van der Waals surface area contributed by atoms with Crippen molar-refractivity contribution in [2.24, 2.45) is 7.05 Å². The zero-order valence-electron chi connectivity index (χ0n) is 8.36. The number of hydrogen-bond acceptors (Lipinski definition) is 2. The fourth-order valence-corrected chi connectivity index (χ4v) is 1.44. The van der Waals surface area contributed by atoms with Gasteiger partial charge in [0.25, 0.3) is 0 Å². The molecule has 0 atom stereocenters. The first-order chi connectivity index (χ1) is 6.70. The summed E-state index contributed by atoms with van der Waals surface area (Å²) in [6, 6.07) is 9.98. The summed E-state index contributed by atoms with van der Waals surface area (Å²) in [5.41, 5.74) is 7.87. The quantitative estimate of drug-likeness (QED) is 0.741. The predicted octanol–water partition coefficient (Wildman–Crippen LogP) is 1.98. The first-order valence-corrected chi connectivity index (χ1v) is 4.54. The summed E-state index contributed by atoms with van der Waals surface area (Å²) in [6.45, 7) is 1.95. The number of aromatic nitrogens is 2. The SMILES string of the molecule is Cc1nc(-c2ccccc2)c(N)n1C. The number of aryl methyl sites for hydroxylation is 1. The highest BCUT2D eigenvalue weighted by Crippen LogP contribution is 2.24. The molecule has 0 saturated heterocycles. The predicted molar refractivity (Wildman–Crippen MR) is 57.8 cm³/mol. The van der Waals surface area contributed by atoms with Crippen molar-refractivity contribution < 1.29 is 0 Å². The molecule has 1 aromatic carbocycles. The Hall–Kier alpha value is -1.77. The van der Waals surface area contributed by atoms with Gasteiger partial charge in [0.15, 0.2) is 0 Å². The molecule has 2 rings (SSSR count). The summed E-state index contributed by atoms with van der Waals surface area (Å²) in [5, 5.41) is 0. The highest BCUT2D eigenvalue weighted by atomic mass is 15.1. The number of imidazole rings is 1. The second-order valence-electron chi connectivity index (χ2n) is 3.32. The summed E-state index contributed by atoms with van der Waals surface area (Å²) in [5.74, 6) is 1.65. The molecule has 0 bridgehead atoms. The van der Waals surface area contributed by atoms with Gasteiger partial charge in [-0.25, -0.2) is 4.98 Å². The first-order valence-electron chi connectivity index (χ1n) is 4.54. The summed E-state index contributed by atoms with van der Waals surface area (Å²) in [6.07, 6.45) is 0. The van der Waals surface area contributed by atoms with E-state index in [-0.39, 0.29) is 0 Å². The minimum absolute atomic E-state index is 0.716. The third-order valence-electron chi connectivity index (χ3n) is 2.41. The van der Waals surface area contributed by atoms with Crippen molar-refractivity contribution in [3.63, 3.8) is 0 Å². The molecular formula is C11H13N3. The summed E-state index contributed by atoms with van der Waals surface area (Å²) in [7, 11) is 1.92. The second-order valence-corrected chi connectivity index (χ2v) is 3.32. The van der Waals surface area contributed by atoms with Gasteiger partial charge in [0.05, 0.1) is 0 Å². The molecule has 0 aliphatic carbocycles. The molecule has 0 amide bonds. The normalized spacial score (nSPS) is 10.4. The monoisotopic (exact) mass is 187 g/mol. The summed E-state index contributed by atoms with van der Waals surface area (Å²) < 4.78 is 1.89. The number of rotatable bonds is 1. The molecule has 1 aromatic heterocycles. The van der Waals surface area contributed by atoms with Crippen LogP contribution >= 0.6 is 0 Å². The van der Waals surface area contributed by atoms with E-state index in [1.807, 2.05) is 48.9 Å². The lowest BCUT2D eigenvalue weighted by atomic mass is 10.1. The molecule has 0 aliphatic heterocycles. The minimum Gasteiger partial charge on any atom is -0.383 e. The molecule has 0 spiro atoms. The number of nitrogens with two attached hydrogens (primary N) is 1. The van der Waals surface area contributed by atoms with Crippen LogP contribution in [0.25, 0.3) is 11.3 Å². The molecule has 0 radical (unpaired) electrons. The standard InChI is InChI=1S/C11H13N3/c1-8-13-10(11(12)14(8)2)9-6-4-3-5-7-9/h3-7H,12H2,1-2H3. The van der Waals surface area contributed by atoms with Crippen LogP contribution in [-0.2, 0) is 7.05 Å². The van der Waals surface area contributed by atoms with Crippen molar-refractivity contribution in [3.05, 3.63) is 36.2 Å². The van der Waals surface area contributed by atoms with Crippen LogP contribution in [0.2, 0.25) is 0 Å². The highest BCUT2D eigenvalue weighted by Gasteiger charge is 2.09. The highest BCUT2D eigenvalue weighted by molar-refractivity contribution is 5.70. The Morgan fingerprint density at radius 1 is 1.21 bits per heavy atom. The Morgan fingerprint density at radius 3 is 2.36 bits per heavy atom. The maximum Gasteiger partial charge on any atom is 0.131 e. The van der Waals surface area contributed by atoms with Crippen LogP contribution < -0.4 is 5.73 Å². The van der Waals surface area contributed by atoms with Crippen molar-refractivity contribution in [3.8, 4) is 11.3 Å². The van der Waals surface area contributed by atoms with Gasteiger partial charge in [-0.15, -0.1) is 0 Å². The fourth-order valence-electron chi connectivity index (χ4n) is 1.44. The first kappa shape index (κ1) is 8.81. The van der Waals surface area contributed by atoms with Crippen molar-refractivity contribution in [2.75, 3.05) is 5.73 Å². The van der Waals surface area contributed by atoms with Gasteiger partial charge in [0.2, 0.25) is 0 Å². The lowest BCUT2D eigenvalue weighted by molar-refractivity contribution is 0.868. The molecule has 0 saturated carbocycles. The molecule has 0 fully saturated rings. The number of benzene rings is 1. The van der Waals surface area contributed by atoms with Crippen LogP contribution in [0.3, 0.4) is 0 Å². The van der Waals surface area contributed by atoms with E-state index < -0.39 is 0 Å². The van der Waals surface area contributed by atoms with Crippen molar-refractivity contribution in [1.29, 1.82) is 0 Å². The van der Waals surface area contributed by atoms with Gasteiger partial charge in [-0.1, -0.05) is 30.3 Å². The topological polar surface area (TPSA) is 43.8 Å². The maximum absolute atomic E-state index is 5.94. The number of nitrogen functional groups attached to an aromatic ring is 1. The van der Waals surface area contributed by atoms with Gasteiger partial charge in [0.1, 0.15) is 17.3 Å². The maximum atomic E-state index is 5.94. The molecule has 1 heterocycles. The van der Waals surface area contributed by atoms with Gasteiger partial charge in [-0.2, -0.15) is 0 Å². The largest absolute Gasteiger partial charge is 0.383 e. The Balaban J connectivity index is 2.58. The fraction of sp³-hybridized carbons (Fsp3) is 0.182. The molecule has 14 heavy (non-hydrogen) atoms. The molecular weight excluding hydrogens is 174 g/mol. The summed E-state index contributed by atoms with van der Waals surface area (Å²) in [4.78, 5) is 4.42. The van der Waals surface area contributed by atoms with Gasteiger partial charge < -0.3 is 10.3 Å². The van der Waals surface area contributed by atoms with Gasteiger partial charge in [-0.3, -0.25) is 0 Å². The summed E-state index contributed by atoms with van der Waals surface area (Å²) >= 11 is 0. The van der Waals surface area contributed by atoms with Crippen LogP contribution in [0.4, 0.5) is 5.82 Å². The van der Waals surface area contributed by atoms with Crippen LogP contribution in [0.1, 0.15) is 5.82 Å². The average molecular weight is 187 g/mol. The van der Waals surface area contributed by atoms with Crippen molar-refractivity contribution in [2.45, 2.75) is 6.92 Å². The van der Waals surface area contributed by atoms with Gasteiger partial charge in [0, 0.05) is 12.6 Å². The van der Waals surface area contributed by atoms with Crippen molar-refractivity contribution in [1.82, 2.24) is 9.55 Å². The zero-order valence-corrected chi connectivity index (χ0v) is 8.36. The van der Waals surface area contributed by atoms with Crippen molar-refractivity contribution >= 4 is 5.82 Å². The number of nitrogens with zero attached hydrogens (tertiary/aromatic N) is 2. The molecule has 3 heteroatoms. The van der Waals surface area contributed by atoms with E-state index in [2.05, 4.69) is 4.98 Å². The van der Waals surface area contributed by atoms with Gasteiger partial charge in [-0.05, 0) is 6.92 Å². The van der Waals surface area contributed by atoms with E-state index in [1.165, 1.54) is 0 Å². The number of hydrogen-bond donors (Lipinski definition) is 1.